The number of esters is 2. The molecule has 0 aromatic heterocycles. The predicted molar refractivity (Wildman–Crippen MR) is 336 cm³/mol. The molecule has 4 fully saturated rings. The molecule has 4 aliphatic heterocycles. The quantitative estimate of drug-likeness (QED) is 0.0760. The second-order valence-electron chi connectivity index (χ2n) is 21.7. The number of ether oxygens (including phenoxy) is 2. The van der Waals surface area contributed by atoms with Crippen LogP contribution in [-0.2, 0) is 67.2 Å². The van der Waals surface area contributed by atoms with Crippen LogP contribution in [0.3, 0.4) is 0 Å². The first-order valence-corrected chi connectivity index (χ1v) is 33.6. The maximum atomic E-state index is 15.1. The van der Waals surface area contributed by atoms with Gasteiger partial charge in [0.15, 0.2) is 19.7 Å². The summed E-state index contributed by atoms with van der Waals surface area (Å²) < 4.78 is 84.2. The SMILES string of the molecule is COC(=O)c1ccc(CBr)c(F)c1.COC(=O)c1ccc(CN(C(=O)N2CCS(=O)(=O)CC2)c2ccc(CN3CCN(Cc4ccccc4)CC3)cc2)c(F)c1.O=C(Nc1ccc(CN2CCN(Cc3ccccc3)CC2)cc1)N1CCS(=O)(=O)CC1. The lowest BCUT2D eigenvalue weighted by molar-refractivity contribution is 0.0591. The average Bonchev–Trinajstić information content (AvgIpc) is 3.41. The molecule has 0 saturated carbocycles. The molecular weight excluding hydrogens is 1220 g/mol. The molecule has 10 rings (SSSR count). The van der Waals surface area contributed by atoms with Crippen LogP contribution in [0.1, 0.15) is 54.1 Å². The van der Waals surface area contributed by atoms with Crippen molar-refractivity contribution in [3.63, 3.8) is 0 Å². The van der Waals surface area contributed by atoms with Crippen LogP contribution in [-0.4, -0.2) is 186 Å². The first kappa shape index (κ1) is 65.8. The van der Waals surface area contributed by atoms with Crippen molar-refractivity contribution in [2.75, 3.05) is 126 Å². The van der Waals surface area contributed by atoms with E-state index < -0.39 is 49.3 Å². The van der Waals surface area contributed by atoms with Gasteiger partial charge in [-0.2, -0.15) is 0 Å². The van der Waals surface area contributed by atoms with Crippen LogP contribution in [0.2, 0.25) is 0 Å². The monoisotopic (exact) mass is 1300 g/mol. The predicted octanol–water partition coefficient (Wildman–Crippen LogP) is 8.56. The molecular formula is C64H75BrF2N8O10S2. The van der Waals surface area contributed by atoms with E-state index in [1.807, 2.05) is 54.6 Å². The van der Waals surface area contributed by atoms with Crippen LogP contribution in [0.5, 0.6) is 0 Å². The molecule has 6 aromatic rings. The van der Waals surface area contributed by atoms with E-state index in [0.717, 1.165) is 95.9 Å². The highest BCUT2D eigenvalue weighted by Crippen LogP contribution is 2.25. The summed E-state index contributed by atoms with van der Waals surface area (Å²) in [4.78, 5) is 63.1. The maximum absolute atomic E-state index is 15.1. The van der Waals surface area contributed by atoms with E-state index in [4.69, 9.17) is 0 Å². The van der Waals surface area contributed by atoms with Crippen LogP contribution in [0.4, 0.5) is 29.7 Å². The minimum atomic E-state index is -3.18. The normalized spacial score (nSPS) is 17.1. The lowest BCUT2D eigenvalue weighted by atomic mass is 10.1. The Morgan fingerprint density at radius 1 is 0.483 bits per heavy atom. The lowest BCUT2D eigenvalue weighted by Crippen LogP contribution is -2.49. The van der Waals surface area contributed by atoms with Crippen molar-refractivity contribution in [2.24, 2.45) is 0 Å². The fraction of sp³-hybridized carbons (Fsp3) is 0.375. The maximum Gasteiger partial charge on any atom is 0.337 e. The minimum absolute atomic E-state index is 0.0397. The summed E-state index contributed by atoms with van der Waals surface area (Å²) in [6.07, 6.45) is 0. The summed E-state index contributed by atoms with van der Waals surface area (Å²) >= 11 is 3.13. The number of hydrogen-bond acceptors (Lipinski definition) is 14. The van der Waals surface area contributed by atoms with Gasteiger partial charge in [-0.25, -0.2) is 44.8 Å². The Balaban J connectivity index is 0.000000193. The van der Waals surface area contributed by atoms with Gasteiger partial charge in [0.1, 0.15) is 11.6 Å². The summed E-state index contributed by atoms with van der Waals surface area (Å²) in [5.41, 5.74) is 7.36. The number of amides is 4. The minimum Gasteiger partial charge on any atom is -0.465 e. The first-order valence-electron chi connectivity index (χ1n) is 28.8. The van der Waals surface area contributed by atoms with Crippen LogP contribution < -0.4 is 10.2 Å². The van der Waals surface area contributed by atoms with Gasteiger partial charge in [-0.1, -0.05) is 113 Å². The topological polar surface area (TPSA) is 190 Å². The number of sulfone groups is 2. The summed E-state index contributed by atoms with van der Waals surface area (Å²) in [6.45, 7) is 12.3. The summed E-state index contributed by atoms with van der Waals surface area (Å²) in [6, 6.07) is 44.3. The fourth-order valence-corrected chi connectivity index (χ4v) is 13.2. The van der Waals surface area contributed by atoms with Crippen molar-refractivity contribution < 1.29 is 54.3 Å². The van der Waals surface area contributed by atoms with Gasteiger partial charge in [-0.05, 0) is 76.3 Å². The molecule has 464 valence electrons. The Kier molecular flexibility index (Phi) is 24.0. The number of methoxy groups -OCH3 is 2. The Morgan fingerprint density at radius 2 is 0.851 bits per heavy atom. The Bertz CT molecular complexity index is 3460. The molecule has 4 heterocycles. The van der Waals surface area contributed by atoms with Gasteiger partial charge in [-0.3, -0.25) is 24.5 Å². The highest BCUT2D eigenvalue weighted by Gasteiger charge is 2.31. The van der Waals surface area contributed by atoms with Crippen molar-refractivity contribution >= 4 is 71.0 Å². The number of urea groups is 2. The molecule has 0 aliphatic carbocycles. The molecule has 23 heteroatoms. The lowest BCUT2D eigenvalue weighted by Gasteiger charge is -2.35. The zero-order chi connectivity index (χ0) is 61.9. The zero-order valence-corrected chi connectivity index (χ0v) is 52.3. The Morgan fingerprint density at radius 3 is 1.23 bits per heavy atom. The third-order valence-corrected chi connectivity index (χ3v) is 19.4. The standard InChI is InChI=1S/C32H37FN4O5S.C23H30N4O3S.C9H8BrFO2/c1-42-31(38)27-9-10-28(30(33)21-27)24-37(32(39)36-17-19-43(40,41)20-18-36)29-11-7-26(8-12-29)23-35-15-13-34(14-16-35)22-25-5-3-2-4-6-25;28-23(27-14-16-31(29,30)17-15-27)24-22-8-6-21(7-9-22)19-26-12-10-25(11-13-26)18-20-4-2-1-3-5-20;1-13-9(12)6-2-3-7(5-10)8(11)4-6/h2-12,21H,13-20,22-24H2,1H3;1-9H,10-19H2,(H,24,28);2-4H,5H2,1H3. The molecule has 4 aliphatic rings. The Hall–Kier alpha value is -7.12. The van der Waals surface area contributed by atoms with Crippen LogP contribution in [0.15, 0.2) is 146 Å². The molecule has 0 spiro atoms. The van der Waals surface area contributed by atoms with E-state index in [-0.39, 0.29) is 78.5 Å². The number of piperazine rings is 2. The van der Waals surface area contributed by atoms with E-state index in [9.17, 15) is 40.4 Å². The number of nitrogens with one attached hydrogen (secondary N) is 1. The first-order chi connectivity index (χ1) is 41.9. The molecule has 6 aromatic carbocycles. The number of hydrogen-bond donors (Lipinski definition) is 1. The van der Waals surface area contributed by atoms with Gasteiger partial charge in [0.2, 0.25) is 0 Å². The summed E-state index contributed by atoms with van der Waals surface area (Å²) in [5, 5.41) is 3.30. The molecule has 87 heavy (non-hydrogen) atoms. The zero-order valence-electron chi connectivity index (χ0n) is 49.1. The number of carbonyl (C=O) groups is 4. The highest BCUT2D eigenvalue weighted by molar-refractivity contribution is 9.08. The molecule has 4 amide bonds. The van der Waals surface area contributed by atoms with Crippen molar-refractivity contribution in [1.82, 2.24) is 29.4 Å². The fourth-order valence-electron chi connectivity index (χ4n) is 10.3. The second-order valence-corrected chi connectivity index (χ2v) is 26.9. The van der Waals surface area contributed by atoms with Gasteiger partial charge in [0.25, 0.3) is 0 Å². The number of halogens is 3. The van der Waals surface area contributed by atoms with E-state index >= 15 is 4.39 Å². The van der Waals surface area contributed by atoms with Gasteiger partial charge >= 0.3 is 24.0 Å². The van der Waals surface area contributed by atoms with Gasteiger partial charge < -0.3 is 24.6 Å². The summed E-state index contributed by atoms with van der Waals surface area (Å²) in [5.74, 6) is -2.35. The third kappa shape index (κ3) is 19.9. The summed E-state index contributed by atoms with van der Waals surface area (Å²) in [7, 11) is -3.69. The van der Waals surface area contributed by atoms with Crippen molar-refractivity contribution in [3.05, 3.63) is 202 Å². The molecule has 0 atom stereocenters. The highest BCUT2D eigenvalue weighted by atomic mass is 79.9. The smallest absolute Gasteiger partial charge is 0.337 e. The molecule has 4 saturated heterocycles. The number of nitrogens with zero attached hydrogens (tertiary/aromatic N) is 7. The number of rotatable bonds is 15. The van der Waals surface area contributed by atoms with E-state index in [2.05, 4.69) is 105 Å². The van der Waals surface area contributed by atoms with Crippen molar-refractivity contribution in [3.8, 4) is 0 Å². The molecule has 0 unspecified atom stereocenters. The van der Waals surface area contributed by atoms with Gasteiger partial charge in [0, 0.05) is 127 Å². The van der Waals surface area contributed by atoms with E-state index in [1.54, 1.807) is 11.0 Å². The second kappa shape index (κ2) is 31.7. The van der Waals surface area contributed by atoms with Crippen LogP contribution >= 0.6 is 15.9 Å². The van der Waals surface area contributed by atoms with Gasteiger partial charge in [0.05, 0.1) is 54.9 Å². The van der Waals surface area contributed by atoms with Crippen LogP contribution in [0, 0.1) is 11.6 Å². The van der Waals surface area contributed by atoms with Crippen LogP contribution in [0.25, 0.3) is 0 Å². The molecule has 1 N–H and O–H groups in total. The van der Waals surface area contributed by atoms with Crippen molar-refractivity contribution in [1.29, 1.82) is 0 Å². The van der Waals surface area contributed by atoms with E-state index in [1.165, 1.54) is 65.0 Å². The van der Waals surface area contributed by atoms with E-state index in [0.29, 0.717) is 16.6 Å². The number of carbonyl (C=O) groups excluding carboxylic acids is 4. The average molecular weight is 1300 g/mol. The van der Waals surface area contributed by atoms with Crippen molar-refractivity contribution in [2.45, 2.75) is 38.1 Å². The number of benzene rings is 6. The van der Waals surface area contributed by atoms with Gasteiger partial charge in [-0.15, -0.1) is 0 Å². The molecule has 0 bridgehead atoms. The number of alkyl halides is 1. The number of anilines is 2. The largest absolute Gasteiger partial charge is 0.465 e. The molecule has 18 nitrogen and oxygen atoms in total. The molecule has 0 radical (unpaired) electrons. The third-order valence-electron chi connectivity index (χ3n) is 15.6. The Labute approximate surface area is 517 Å².